The lowest BCUT2D eigenvalue weighted by atomic mass is 10.0. The van der Waals surface area contributed by atoms with Crippen molar-refractivity contribution < 1.29 is 14.6 Å². The van der Waals surface area contributed by atoms with Crippen molar-refractivity contribution in [3.8, 4) is 5.75 Å². The van der Waals surface area contributed by atoms with Crippen LogP contribution in [0.1, 0.15) is 17.2 Å². The highest BCUT2D eigenvalue weighted by atomic mass is 16.5. The number of hydrogen-bond acceptors (Lipinski definition) is 4. The van der Waals surface area contributed by atoms with Gasteiger partial charge in [-0.05, 0) is 23.8 Å². The average Bonchev–Trinajstić information content (AvgIpc) is 3.13. The Hall–Kier alpha value is -2.83. The standard InChI is InChI=1S/C22H25N3O3/c1-28-17-7-8-20-18(13-17)19(14-23-20)21(22(26)27)25-11-9-24(10-12-25)15-16-5-3-2-4-6-16/h2-8,13-14,21,23H,9-12,15H2,1H3,(H,26,27). The Morgan fingerprint density at radius 2 is 1.89 bits per heavy atom. The van der Waals surface area contributed by atoms with Gasteiger partial charge in [0.15, 0.2) is 0 Å². The van der Waals surface area contributed by atoms with Crippen LogP contribution in [0.25, 0.3) is 10.9 Å². The van der Waals surface area contributed by atoms with Crippen molar-refractivity contribution in [2.24, 2.45) is 0 Å². The first-order chi connectivity index (χ1) is 13.7. The lowest BCUT2D eigenvalue weighted by molar-refractivity contribution is -0.144. The smallest absolute Gasteiger partial charge is 0.325 e. The SMILES string of the molecule is COc1ccc2[nH]cc(C(C(=O)O)N3CCN(Cc4ccccc4)CC3)c2c1. The Morgan fingerprint density at radius 1 is 1.14 bits per heavy atom. The topological polar surface area (TPSA) is 68.8 Å². The van der Waals surface area contributed by atoms with Crippen LogP contribution >= 0.6 is 0 Å². The van der Waals surface area contributed by atoms with Crippen LogP contribution in [0.4, 0.5) is 0 Å². The van der Waals surface area contributed by atoms with Crippen molar-refractivity contribution >= 4 is 16.9 Å². The van der Waals surface area contributed by atoms with Gasteiger partial charge in [-0.15, -0.1) is 0 Å². The number of aromatic amines is 1. The predicted molar refractivity (Wildman–Crippen MR) is 109 cm³/mol. The van der Waals surface area contributed by atoms with Gasteiger partial charge in [0, 0.05) is 55.4 Å². The van der Waals surface area contributed by atoms with Crippen molar-refractivity contribution in [3.05, 3.63) is 65.9 Å². The second kappa shape index (κ2) is 8.04. The summed E-state index contributed by atoms with van der Waals surface area (Å²) in [4.78, 5) is 19.8. The summed E-state index contributed by atoms with van der Waals surface area (Å²) in [5, 5.41) is 10.9. The van der Waals surface area contributed by atoms with Gasteiger partial charge in [0.1, 0.15) is 11.8 Å². The van der Waals surface area contributed by atoms with Crippen LogP contribution < -0.4 is 4.74 Å². The molecule has 0 bridgehead atoms. The number of carbonyl (C=O) groups is 1. The fourth-order valence-electron chi connectivity index (χ4n) is 3.98. The number of carboxylic acids is 1. The van der Waals surface area contributed by atoms with Gasteiger partial charge in [-0.25, -0.2) is 0 Å². The van der Waals surface area contributed by atoms with E-state index in [0.717, 1.165) is 54.9 Å². The maximum absolute atomic E-state index is 12.2. The molecule has 0 radical (unpaired) electrons. The van der Waals surface area contributed by atoms with E-state index in [1.54, 1.807) is 7.11 Å². The molecule has 0 aliphatic carbocycles. The van der Waals surface area contributed by atoms with Crippen LogP contribution in [0.5, 0.6) is 5.75 Å². The average molecular weight is 379 g/mol. The summed E-state index contributed by atoms with van der Waals surface area (Å²) in [6, 6.07) is 15.4. The molecule has 28 heavy (non-hydrogen) atoms. The van der Waals surface area contributed by atoms with Gasteiger partial charge in [0.2, 0.25) is 0 Å². The summed E-state index contributed by atoms with van der Waals surface area (Å²) >= 11 is 0. The van der Waals surface area contributed by atoms with Crippen molar-refractivity contribution in [2.75, 3.05) is 33.3 Å². The monoisotopic (exact) mass is 379 g/mol. The quantitative estimate of drug-likeness (QED) is 0.689. The van der Waals surface area contributed by atoms with Crippen molar-refractivity contribution in [1.82, 2.24) is 14.8 Å². The molecule has 6 nitrogen and oxygen atoms in total. The summed E-state index contributed by atoms with van der Waals surface area (Å²) in [5.41, 5.74) is 3.00. The van der Waals surface area contributed by atoms with Gasteiger partial charge in [0.05, 0.1) is 7.11 Å². The third kappa shape index (κ3) is 3.74. The zero-order valence-corrected chi connectivity index (χ0v) is 16.0. The second-order valence-electron chi connectivity index (χ2n) is 7.19. The second-order valence-corrected chi connectivity index (χ2v) is 7.19. The van der Waals surface area contributed by atoms with Crippen molar-refractivity contribution in [1.29, 1.82) is 0 Å². The number of piperazine rings is 1. The Balaban J connectivity index is 1.51. The maximum atomic E-state index is 12.2. The number of ether oxygens (including phenoxy) is 1. The molecule has 1 aliphatic rings. The van der Waals surface area contributed by atoms with Gasteiger partial charge in [-0.1, -0.05) is 30.3 Å². The minimum absolute atomic E-state index is 0.667. The fourth-order valence-corrected chi connectivity index (χ4v) is 3.98. The molecule has 4 rings (SSSR count). The van der Waals surface area contributed by atoms with E-state index in [-0.39, 0.29) is 0 Å². The lowest BCUT2D eigenvalue weighted by Crippen LogP contribution is -2.48. The van der Waals surface area contributed by atoms with Gasteiger partial charge in [0.25, 0.3) is 0 Å². The summed E-state index contributed by atoms with van der Waals surface area (Å²) in [5.74, 6) is -0.0922. The highest BCUT2D eigenvalue weighted by molar-refractivity contribution is 5.90. The molecule has 1 aromatic heterocycles. The number of nitrogens with one attached hydrogen (secondary N) is 1. The molecule has 1 fully saturated rings. The molecule has 6 heteroatoms. The van der Waals surface area contributed by atoms with Gasteiger partial charge in [-0.2, -0.15) is 0 Å². The number of benzene rings is 2. The first-order valence-corrected chi connectivity index (χ1v) is 9.54. The molecule has 3 aromatic rings. The third-order valence-electron chi connectivity index (χ3n) is 5.47. The number of nitrogens with zero attached hydrogens (tertiary/aromatic N) is 2. The molecule has 2 aromatic carbocycles. The number of rotatable bonds is 6. The number of aliphatic carboxylic acids is 1. The minimum Gasteiger partial charge on any atom is -0.497 e. The Bertz CT molecular complexity index is 946. The van der Waals surface area contributed by atoms with E-state index in [1.165, 1.54) is 5.56 Å². The molecule has 2 N–H and O–H groups in total. The summed E-state index contributed by atoms with van der Waals surface area (Å²) in [6.07, 6.45) is 1.82. The Kier molecular flexibility index (Phi) is 5.32. The molecule has 2 heterocycles. The molecule has 1 unspecified atom stereocenters. The third-order valence-corrected chi connectivity index (χ3v) is 5.47. The van der Waals surface area contributed by atoms with Gasteiger partial charge in [-0.3, -0.25) is 14.6 Å². The molecule has 1 saturated heterocycles. The number of methoxy groups -OCH3 is 1. The highest BCUT2D eigenvalue weighted by Crippen LogP contribution is 2.31. The first kappa shape index (κ1) is 18.5. The molecule has 146 valence electrons. The Labute approximate surface area is 164 Å². The normalized spacial score (nSPS) is 16.9. The number of fused-ring (bicyclic) bond motifs is 1. The van der Waals surface area contributed by atoms with E-state index in [4.69, 9.17) is 4.74 Å². The molecule has 1 aliphatic heterocycles. The lowest BCUT2D eigenvalue weighted by Gasteiger charge is -2.37. The van der Waals surface area contributed by atoms with E-state index in [1.807, 2.05) is 30.5 Å². The fraction of sp³-hybridized carbons (Fsp3) is 0.318. The first-order valence-electron chi connectivity index (χ1n) is 9.54. The summed E-state index contributed by atoms with van der Waals surface area (Å²) < 4.78 is 5.32. The molecule has 0 spiro atoms. The van der Waals surface area contributed by atoms with E-state index in [9.17, 15) is 9.90 Å². The van der Waals surface area contributed by atoms with Crippen LogP contribution in [0.15, 0.2) is 54.7 Å². The molecular formula is C22H25N3O3. The molecular weight excluding hydrogens is 354 g/mol. The van der Waals surface area contributed by atoms with E-state index < -0.39 is 12.0 Å². The highest BCUT2D eigenvalue weighted by Gasteiger charge is 2.32. The van der Waals surface area contributed by atoms with E-state index in [2.05, 4.69) is 39.0 Å². The summed E-state index contributed by atoms with van der Waals surface area (Å²) in [7, 11) is 1.62. The molecule has 0 amide bonds. The van der Waals surface area contributed by atoms with Crippen molar-refractivity contribution in [2.45, 2.75) is 12.6 Å². The van der Waals surface area contributed by atoms with Crippen molar-refractivity contribution in [3.63, 3.8) is 0 Å². The number of aromatic nitrogens is 1. The molecule has 1 atom stereocenters. The summed E-state index contributed by atoms with van der Waals surface area (Å²) in [6.45, 7) is 4.05. The predicted octanol–water partition coefficient (Wildman–Crippen LogP) is 3.12. The zero-order chi connectivity index (χ0) is 19.5. The van der Waals surface area contributed by atoms with Gasteiger partial charge >= 0.3 is 5.97 Å². The van der Waals surface area contributed by atoms with Gasteiger partial charge < -0.3 is 14.8 Å². The maximum Gasteiger partial charge on any atom is 0.325 e. The minimum atomic E-state index is -0.819. The van der Waals surface area contributed by atoms with E-state index >= 15 is 0 Å². The Morgan fingerprint density at radius 3 is 2.57 bits per heavy atom. The zero-order valence-electron chi connectivity index (χ0n) is 16.0. The number of H-pyrrole nitrogens is 1. The van der Waals surface area contributed by atoms with Crippen LogP contribution in [0, 0.1) is 0 Å². The number of carboxylic acid groups (broad SMARTS) is 1. The number of hydrogen-bond donors (Lipinski definition) is 2. The van der Waals surface area contributed by atoms with Crippen LogP contribution in [0.3, 0.4) is 0 Å². The largest absolute Gasteiger partial charge is 0.497 e. The molecule has 0 saturated carbocycles. The van der Waals surface area contributed by atoms with Crippen LogP contribution in [-0.4, -0.2) is 59.1 Å². The van der Waals surface area contributed by atoms with E-state index in [0.29, 0.717) is 0 Å². The van der Waals surface area contributed by atoms with Crippen LogP contribution in [0.2, 0.25) is 0 Å². The van der Waals surface area contributed by atoms with Crippen LogP contribution in [-0.2, 0) is 11.3 Å².